The number of hydrogen-bond acceptors (Lipinski definition) is 2. The summed E-state index contributed by atoms with van der Waals surface area (Å²) in [4.78, 5) is 0. The summed E-state index contributed by atoms with van der Waals surface area (Å²) in [7, 11) is -2.97. The van der Waals surface area contributed by atoms with E-state index in [4.69, 9.17) is 0 Å². The van der Waals surface area contributed by atoms with Crippen LogP contribution >= 0.6 is 0 Å². The lowest BCUT2D eigenvalue weighted by Crippen LogP contribution is -2.18. The molecular weight excluding hydrogens is 268 g/mol. The van der Waals surface area contributed by atoms with E-state index in [1.54, 1.807) is 0 Å². The van der Waals surface area contributed by atoms with Gasteiger partial charge in [-0.3, -0.25) is 0 Å². The van der Waals surface area contributed by atoms with E-state index < -0.39 is 9.84 Å². The first-order chi connectivity index (χ1) is 9.11. The summed E-state index contributed by atoms with van der Waals surface area (Å²) >= 11 is 0. The van der Waals surface area contributed by atoms with E-state index in [1.165, 1.54) is 5.56 Å². The van der Waals surface area contributed by atoms with Crippen molar-refractivity contribution in [3.8, 4) is 0 Å². The molecule has 114 valence electrons. The van der Waals surface area contributed by atoms with Crippen LogP contribution in [0.1, 0.15) is 57.6 Å². The average Bonchev–Trinajstić information content (AvgIpc) is 2.26. The highest BCUT2D eigenvalue weighted by molar-refractivity contribution is 7.91. The van der Waals surface area contributed by atoms with Crippen molar-refractivity contribution < 1.29 is 8.42 Å². The zero-order chi connectivity index (χ0) is 15.4. The fourth-order valence-electron chi connectivity index (χ4n) is 2.52. The standard InChI is InChI=1S/C17H28O2S/c1-14-9-6-7-10-16(14)15(2)13-20(18,19)12-8-11-17(3,4)5/h6-7,9-10,15H,8,11-13H2,1-5H3/t15-/m0/s1. The molecule has 0 heterocycles. The first kappa shape index (κ1) is 17.2. The Hall–Kier alpha value is -0.830. The average molecular weight is 296 g/mol. The summed E-state index contributed by atoms with van der Waals surface area (Å²) in [5.74, 6) is 0.624. The number of rotatable bonds is 6. The molecule has 0 aromatic heterocycles. The van der Waals surface area contributed by atoms with Crippen LogP contribution < -0.4 is 0 Å². The van der Waals surface area contributed by atoms with E-state index in [0.29, 0.717) is 5.75 Å². The Morgan fingerprint density at radius 1 is 1.15 bits per heavy atom. The molecule has 1 atom stereocenters. The van der Waals surface area contributed by atoms with Crippen molar-refractivity contribution in [1.82, 2.24) is 0 Å². The molecule has 1 rings (SSSR count). The van der Waals surface area contributed by atoms with Crippen molar-refractivity contribution in [2.75, 3.05) is 11.5 Å². The van der Waals surface area contributed by atoms with E-state index in [0.717, 1.165) is 18.4 Å². The Morgan fingerprint density at radius 3 is 2.30 bits per heavy atom. The SMILES string of the molecule is Cc1ccccc1[C@@H](C)CS(=O)(=O)CCCC(C)(C)C. The van der Waals surface area contributed by atoms with Crippen LogP contribution in [0.25, 0.3) is 0 Å². The summed E-state index contributed by atoms with van der Waals surface area (Å²) in [6.07, 6.45) is 1.71. The van der Waals surface area contributed by atoms with Crippen LogP contribution in [0.4, 0.5) is 0 Å². The second kappa shape index (κ2) is 6.75. The van der Waals surface area contributed by atoms with Crippen LogP contribution in [0.3, 0.4) is 0 Å². The van der Waals surface area contributed by atoms with Gasteiger partial charge in [-0.05, 0) is 42.2 Å². The van der Waals surface area contributed by atoms with Crippen LogP contribution in [0, 0.1) is 12.3 Å². The van der Waals surface area contributed by atoms with Crippen molar-refractivity contribution >= 4 is 9.84 Å². The molecule has 2 nitrogen and oxygen atoms in total. The summed E-state index contributed by atoms with van der Waals surface area (Å²) in [6, 6.07) is 8.04. The second-order valence-corrected chi connectivity index (χ2v) is 9.26. The van der Waals surface area contributed by atoms with Gasteiger partial charge in [-0.15, -0.1) is 0 Å². The molecule has 0 unspecified atom stereocenters. The molecule has 0 N–H and O–H groups in total. The third-order valence-electron chi connectivity index (χ3n) is 3.61. The maximum Gasteiger partial charge on any atom is 0.150 e. The highest BCUT2D eigenvalue weighted by atomic mass is 32.2. The first-order valence-corrected chi connectivity index (χ1v) is 9.19. The molecule has 0 radical (unpaired) electrons. The van der Waals surface area contributed by atoms with Gasteiger partial charge in [0, 0.05) is 0 Å². The number of hydrogen-bond donors (Lipinski definition) is 0. The fourth-order valence-corrected chi connectivity index (χ4v) is 4.21. The minimum absolute atomic E-state index is 0.0656. The van der Waals surface area contributed by atoms with Crippen LogP contribution in [0.2, 0.25) is 0 Å². The summed E-state index contributed by atoms with van der Waals surface area (Å²) in [5.41, 5.74) is 2.52. The van der Waals surface area contributed by atoms with Crippen molar-refractivity contribution in [3.63, 3.8) is 0 Å². The molecule has 1 aromatic rings. The van der Waals surface area contributed by atoms with E-state index in [-0.39, 0.29) is 17.1 Å². The smallest absolute Gasteiger partial charge is 0.150 e. The topological polar surface area (TPSA) is 34.1 Å². The summed E-state index contributed by atoms with van der Waals surface area (Å²) in [6.45, 7) is 10.5. The van der Waals surface area contributed by atoms with Crippen molar-refractivity contribution in [3.05, 3.63) is 35.4 Å². The third kappa shape index (κ3) is 6.08. The minimum Gasteiger partial charge on any atom is -0.229 e. The predicted molar refractivity (Wildman–Crippen MR) is 86.9 cm³/mol. The molecule has 0 spiro atoms. The lowest BCUT2D eigenvalue weighted by atomic mass is 9.91. The van der Waals surface area contributed by atoms with E-state index in [2.05, 4.69) is 20.8 Å². The highest BCUT2D eigenvalue weighted by Gasteiger charge is 2.19. The van der Waals surface area contributed by atoms with Gasteiger partial charge in [-0.1, -0.05) is 52.0 Å². The molecular formula is C17H28O2S. The van der Waals surface area contributed by atoms with Crippen LogP contribution in [0.5, 0.6) is 0 Å². The fraction of sp³-hybridized carbons (Fsp3) is 0.647. The maximum absolute atomic E-state index is 12.2. The van der Waals surface area contributed by atoms with Crippen LogP contribution in [0.15, 0.2) is 24.3 Å². The predicted octanol–water partition coefficient (Wildman–Crippen LogP) is 4.34. The highest BCUT2D eigenvalue weighted by Crippen LogP contribution is 2.24. The summed E-state index contributed by atoms with van der Waals surface area (Å²) < 4.78 is 24.4. The molecule has 0 amide bonds. The Bertz CT molecular complexity index is 524. The largest absolute Gasteiger partial charge is 0.229 e. The minimum atomic E-state index is -2.97. The van der Waals surface area contributed by atoms with Crippen LogP contribution in [-0.2, 0) is 9.84 Å². The van der Waals surface area contributed by atoms with Crippen molar-refractivity contribution in [1.29, 1.82) is 0 Å². The van der Waals surface area contributed by atoms with Gasteiger partial charge in [0.25, 0.3) is 0 Å². The molecule has 3 heteroatoms. The third-order valence-corrected chi connectivity index (χ3v) is 5.52. The molecule has 0 aliphatic carbocycles. The van der Waals surface area contributed by atoms with Gasteiger partial charge in [-0.2, -0.15) is 0 Å². The number of benzene rings is 1. The molecule has 0 aliphatic heterocycles. The van der Waals surface area contributed by atoms with Gasteiger partial charge in [0.1, 0.15) is 0 Å². The Kier molecular flexibility index (Phi) is 5.81. The number of aryl methyl sites for hydroxylation is 1. The van der Waals surface area contributed by atoms with Gasteiger partial charge in [0.15, 0.2) is 9.84 Å². The van der Waals surface area contributed by atoms with E-state index in [1.807, 2.05) is 38.1 Å². The Labute approximate surface area is 124 Å². The molecule has 0 fully saturated rings. The zero-order valence-electron chi connectivity index (χ0n) is 13.4. The molecule has 0 saturated carbocycles. The first-order valence-electron chi connectivity index (χ1n) is 7.37. The van der Waals surface area contributed by atoms with Crippen molar-refractivity contribution in [2.45, 2.75) is 53.4 Å². The number of sulfone groups is 1. The van der Waals surface area contributed by atoms with Gasteiger partial charge in [-0.25, -0.2) is 8.42 Å². The van der Waals surface area contributed by atoms with Gasteiger partial charge < -0.3 is 0 Å². The summed E-state index contributed by atoms with van der Waals surface area (Å²) in [5, 5.41) is 0. The van der Waals surface area contributed by atoms with Gasteiger partial charge >= 0.3 is 0 Å². The molecule has 0 saturated heterocycles. The van der Waals surface area contributed by atoms with E-state index >= 15 is 0 Å². The Morgan fingerprint density at radius 2 is 1.75 bits per heavy atom. The van der Waals surface area contributed by atoms with E-state index in [9.17, 15) is 8.42 Å². The van der Waals surface area contributed by atoms with Gasteiger partial charge in [0.05, 0.1) is 11.5 Å². The molecule has 0 aliphatic rings. The molecule has 20 heavy (non-hydrogen) atoms. The quantitative estimate of drug-likeness (QED) is 0.782. The van der Waals surface area contributed by atoms with Gasteiger partial charge in [0.2, 0.25) is 0 Å². The van der Waals surface area contributed by atoms with Crippen molar-refractivity contribution in [2.24, 2.45) is 5.41 Å². The molecule has 0 bridgehead atoms. The lowest BCUT2D eigenvalue weighted by Gasteiger charge is -2.18. The monoisotopic (exact) mass is 296 g/mol. The maximum atomic E-state index is 12.2. The van der Waals surface area contributed by atoms with Crippen LogP contribution in [-0.4, -0.2) is 19.9 Å². The lowest BCUT2D eigenvalue weighted by molar-refractivity contribution is 0.373. The second-order valence-electron chi connectivity index (χ2n) is 7.04. The molecule has 1 aromatic carbocycles. The Balaban J connectivity index is 2.60. The zero-order valence-corrected chi connectivity index (χ0v) is 14.3. The normalized spacial score (nSPS) is 14.2.